The van der Waals surface area contributed by atoms with Crippen LogP contribution in [0.2, 0.25) is 0 Å². The highest BCUT2D eigenvalue weighted by atomic mass is 16.1. The van der Waals surface area contributed by atoms with Crippen molar-refractivity contribution in [3.05, 3.63) is 30.1 Å². The smallest absolute Gasteiger partial charge is 0.135 e. The van der Waals surface area contributed by atoms with E-state index in [-0.39, 0.29) is 0 Å². The highest BCUT2D eigenvalue weighted by Gasteiger charge is 2.21. The summed E-state index contributed by atoms with van der Waals surface area (Å²) in [6.45, 7) is 0. The van der Waals surface area contributed by atoms with Gasteiger partial charge in [-0.2, -0.15) is 0 Å². The summed E-state index contributed by atoms with van der Waals surface area (Å²) in [6.07, 6.45) is 7.95. The number of hydrogen-bond donors (Lipinski definition) is 0. The summed E-state index contributed by atoms with van der Waals surface area (Å²) >= 11 is 0. The van der Waals surface area contributed by atoms with E-state index in [9.17, 15) is 4.79 Å². The fraction of sp³-hybridized carbons (Fsp3) is 0.538. The molecule has 1 aliphatic carbocycles. The number of ketones is 1. The maximum Gasteiger partial charge on any atom is 0.135 e. The van der Waals surface area contributed by atoms with Gasteiger partial charge in [0.15, 0.2) is 0 Å². The summed E-state index contributed by atoms with van der Waals surface area (Å²) in [5.74, 6) is 0.776. The predicted molar refractivity (Wildman–Crippen MR) is 59.5 cm³/mol. The zero-order chi connectivity index (χ0) is 10.5. The van der Waals surface area contributed by atoms with Crippen LogP contribution in [-0.2, 0) is 11.2 Å². The second-order valence-corrected chi connectivity index (χ2v) is 4.27. The van der Waals surface area contributed by atoms with Gasteiger partial charge in [-0.1, -0.05) is 12.5 Å². The molecular formula is C13H17NO. The Morgan fingerprint density at radius 3 is 3.00 bits per heavy atom. The number of hydrogen-bond acceptors (Lipinski definition) is 2. The van der Waals surface area contributed by atoms with E-state index >= 15 is 0 Å². The SMILES string of the molecule is O=C1CCCCC1CCc1ccccn1. The topological polar surface area (TPSA) is 30.0 Å². The lowest BCUT2D eigenvalue weighted by molar-refractivity contribution is -0.124. The molecular weight excluding hydrogens is 186 g/mol. The molecule has 0 bridgehead atoms. The molecule has 0 saturated heterocycles. The van der Waals surface area contributed by atoms with Gasteiger partial charge in [0.25, 0.3) is 0 Å². The second kappa shape index (κ2) is 5.06. The van der Waals surface area contributed by atoms with Gasteiger partial charge in [0, 0.05) is 24.2 Å². The minimum atomic E-state index is 0.306. The summed E-state index contributed by atoms with van der Waals surface area (Å²) in [7, 11) is 0. The summed E-state index contributed by atoms with van der Waals surface area (Å²) in [5.41, 5.74) is 1.11. The maximum atomic E-state index is 11.6. The van der Waals surface area contributed by atoms with Crippen LogP contribution in [0.1, 0.15) is 37.8 Å². The molecule has 2 rings (SSSR count). The van der Waals surface area contributed by atoms with Crippen LogP contribution in [-0.4, -0.2) is 10.8 Å². The molecule has 2 nitrogen and oxygen atoms in total. The predicted octanol–water partition coefficient (Wildman–Crippen LogP) is 2.77. The molecule has 2 heteroatoms. The Balaban J connectivity index is 1.85. The Morgan fingerprint density at radius 2 is 2.27 bits per heavy atom. The highest BCUT2D eigenvalue weighted by molar-refractivity contribution is 5.81. The van der Waals surface area contributed by atoms with E-state index in [1.807, 2.05) is 24.4 Å². The van der Waals surface area contributed by atoms with Crippen LogP contribution in [0.3, 0.4) is 0 Å². The van der Waals surface area contributed by atoms with Gasteiger partial charge in [-0.25, -0.2) is 0 Å². The molecule has 1 saturated carbocycles. The van der Waals surface area contributed by atoms with Gasteiger partial charge in [0.2, 0.25) is 0 Å². The average Bonchev–Trinajstić information content (AvgIpc) is 2.29. The van der Waals surface area contributed by atoms with E-state index in [2.05, 4.69) is 4.98 Å². The lowest BCUT2D eigenvalue weighted by Crippen LogP contribution is -2.19. The van der Waals surface area contributed by atoms with Crippen LogP contribution in [0.25, 0.3) is 0 Å². The van der Waals surface area contributed by atoms with Gasteiger partial charge in [0.05, 0.1) is 0 Å². The largest absolute Gasteiger partial charge is 0.299 e. The first-order valence-electron chi connectivity index (χ1n) is 5.79. The lowest BCUT2D eigenvalue weighted by Gasteiger charge is -2.19. The Kier molecular flexibility index (Phi) is 3.49. The van der Waals surface area contributed by atoms with E-state index in [0.29, 0.717) is 11.7 Å². The van der Waals surface area contributed by atoms with Crippen molar-refractivity contribution < 1.29 is 4.79 Å². The molecule has 0 N–H and O–H groups in total. The Bertz CT molecular complexity index is 321. The van der Waals surface area contributed by atoms with Crippen LogP contribution in [0, 0.1) is 5.92 Å². The molecule has 80 valence electrons. The fourth-order valence-electron chi connectivity index (χ4n) is 2.23. The van der Waals surface area contributed by atoms with Crippen molar-refractivity contribution in [2.45, 2.75) is 38.5 Å². The van der Waals surface area contributed by atoms with E-state index in [1.54, 1.807) is 0 Å². The quantitative estimate of drug-likeness (QED) is 0.756. The van der Waals surface area contributed by atoms with Gasteiger partial charge in [0.1, 0.15) is 5.78 Å². The van der Waals surface area contributed by atoms with Crippen LogP contribution in [0.4, 0.5) is 0 Å². The number of Topliss-reactive ketones (excluding diaryl/α,β-unsaturated/α-hetero) is 1. The second-order valence-electron chi connectivity index (χ2n) is 4.27. The van der Waals surface area contributed by atoms with Gasteiger partial charge in [-0.05, 0) is 37.8 Å². The average molecular weight is 203 g/mol. The number of rotatable bonds is 3. The molecule has 1 fully saturated rings. The first-order chi connectivity index (χ1) is 7.36. The third-order valence-electron chi connectivity index (χ3n) is 3.16. The van der Waals surface area contributed by atoms with Crippen molar-refractivity contribution in [1.29, 1.82) is 0 Å². The number of carbonyl (C=O) groups is 1. The van der Waals surface area contributed by atoms with Gasteiger partial charge >= 0.3 is 0 Å². The highest BCUT2D eigenvalue weighted by Crippen LogP contribution is 2.24. The molecule has 1 heterocycles. The molecule has 1 aliphatic rings. The zero-order valence-corrected chi connectivity index (χ0v) is 8.98. The van der Waals surface area contributed by atoms with Gasteiger partial charge < -0.3 is 0 Å². The van der Waals surface area contributed by atoms with Crippen molar-refractivity contribution in [2.75, 3.05) is 0 Å². The number of pyridine rings is 1. The number of nitrogens with zero attached hydrogens (tertiary/aromatic N) is 1. The summed E-state index contributed by atoms with van der Waals surface area (Å²) in [6, 6.07) is 5.97. The third-order valence-corrected chi connectivity index (χ3v) is 3.16. The van der Waals surface area contributed by atoms with Gasteiger partial charge in [-0.15, -0.1) is 0 Å². The van der Waals surface area contributed by atoms with Crippen LogP contribution >= 0.6 is 0 Å². The monoisotopic (exact) mass is 203 g/mol. The molecule has 1 unspecified atom stereocenters. The molecule has 0 radical (unpaired) electrons. The number of aromatic nitrogens is 1. The van der Waals surface area contributed by atoms with E-state index in [4.69, 9.17) is 0 Å². The van der Waals surface area contributed by atoms with E-state index in [1.165, 1.54) is 6.42 Å². The molecule has 0 amide bonds. The molecule has 0 spiro atoms. The van der Waals surface area contributed by atoms with Crippen LogP contribution in [0.5, 0.6) is 0 Å². The zero-order valence-electron chi connectivity index (χ0n) is 8.98. The molecule has 0 aliphatic heterocycles. The Morgan fingerprint density at radius 1 is 1.33 bits per heavy atom. The molecule has 1 aromatic rings. The molecule has 1 aromatic heterocycles. The molecule has 1 atom stereocenters. The lowest BCUT2D eigenvalue weighted by atomic mass is 9.84. The minimum absolute atomic E-state index is 0.306. The summed E-state index contributed by atoms with van der Waals surface area (Å²) in [4.78, 5) is 15.9. The van der Waals surface area contributed by atoms with E-state index < -0.39 is 0 Å². The van der Waals surface area contributed by atoms with Crippen molar-refractivity contribution in [2.24, 2.45) is 5.92 Å². The minimum Gasteiger partial charge on any atom is -0.299 e. The molecule has 15 heavy (non-hydrogen) atoms. The van der Waals surface area contributed by atoms with E-state index in [0.717, 1.165) is 37.8 Å². The van der Waals surface area contributed by atoms with Gasteiger partial charge in [-0.3, -0.25) is 9.78 Å². The first-order valence-corrected chi connectivity index (χ1v) is 5.79. The standard InChI is InChI=1S/C13H17NO/c15-13-7-2-1-5-11(13)8-9-12-6-3-4-10-14-12/h3-4,6,10-11H,1-2,5,7-9H2. The van der Waals surface area contributed by atoms with Crippen molar-refractivity contribution in [3.8, 4) is 0 Å². The Hall–Kier alpha value is -1.18. The summed E-state index contributed by atoms with van der Waals surface area (Å²) < 4.78 is 0. The van der Waals surface area contributed by atoms with Crippen molar-refractivity contribution >= 4 is 5.78 Å². The third kappa shape index (κ3) is 2.88. The van der Waals surface area contributed by atoms with Crippen molar-refractivity contribution in [3.63, 3.8) is 0 Å². The fourth-order valence-corrected chi connectivity index (χ4v) is 2.23. The maximum absolute atomic E-state index is 11.6. The molecule has 0 aromatic carbocycles. The number of aryl methyl sites for hydroxylation is 1. The van der Waals surface area contributed by atoms with Crippen molar-refractivity contribution in [1.82, 2.24) is 4.98 Å². The van der Waals surface area contributed by atoms with Crippen LogP contribution in [0.15, 0.2) is 24.4 Å². The normalized spacial score (nSPS) is 21.6. The first kappa shape index (κ1) is 10.3. The number of carbonyl (C=O) groups excluding carboxylic acids is 1. The van der Waals surface area contributed by atoms with Crippen LogP contribution < -0.4 is 0 Å². The Labute approximate surface area is 90.7 Å². The summed E-state index contributed by atoms with van der Waals surface area (Å²) in [5, 5.41) is 0.